The largest absolute Gasteiger partial charge is 0.332 e. The van der Waals surface area contributed by atoms with E-state index in [1.165, 1.54) is 40.9 Å². The molecule has 1 aromatic carbocycles. The zero-order valence-electron chi connectivity index (χ0n) is 16.0. The van der Waals surface area contributed by atoms with Crippen LogP contribution in [0.1, 0.15) is 0 Å². The molecule has 0 aliphatic carbocycles. The third kappa shape index (κ3) is 3.87. The number of aromatic nitrogens is 5. The van der Waals surface area contributed by atoms with Crippen molar-refractivity contribution >= 4 is 68.3 Å². The molecule has 0 radical (unpaired) electrons. The first-order valence-corrected chi connectivity index (χ1v) is 10.7. The lowest BCUT2D eigenvalue weighted by Gasteiger charge is -2.07. The predicted molar refractivity (Wildman–Crippen MR) is 121 cm³/mol. The molecule has 1 N–H and O–H groups in total. The Hall–Kier alpha value is -2.66. The van der Waals surface area contributed by atoms with E-state index >= 15 is 0 Å². The quantitative estimate of drug-likeness (QED) is 0.464. The van der Waals surface area contributed by atoms with Crippen LogP contribution >= 0.6 is 46.1 Å². The molecule has 0 atom stereocenters. The van der Waals surface area contributed by atoms with Crippen LogP contribution in [0, 0.1) is 0 Å². The van der Waals surface area contributed by atoms with Gasteiger partial charge in [0.05, 0.1) is 22.1 Å². The Morgan fingerprint density at radius 3 is 2.48 bits per heavy atom. The van der Waals surface area contributed by atoms with Crippen molar-refractivity contribution in [1.29, 1.82) is 0 Å². The lowest BCUT2D eigenvalue weighted by atomic mass is 10.2. The highest BCUT2D eigenvalue weighted by molar-refractivity contribution is 7.14. The van der Waals surface area contributed by atoms with E-state index in [0.717, 1.165) is 4.57 Å². The van der Waals surface area contributed by atoms with Gasteiger partial charge in [0, 0.05) is 30.1 Å². The molecule has 160 valence electrons. The van der Waals surface area contributed by atoms with Crippen LogP contribution in [0.4, 0.5) is 5.13 Å². The van der Waals surface area contributed by atoms with Gasteiger partial charge in [-0.05, 0) is 12.1 Å². The Bertz CT molecular complexity index is 1450. The lowest BCUT2D eigenvalue weighted by Crippen LogP contribution is -2.37. The first kappa shape index (κ1) is 21.6. The minimum Gasteiger partial charge on any atom is -0.315 e. The van der Waals surface area contributed by atoms with Gasteiger partial charge in [0.25, 0.3) is 5.56 Å². The number of fused-ring (bicyclic) bond motifs is 1. The maximum atomic E-state index is 12.6. The molecule has 0 saturated carbocycles. The lowest BCUT2D eigenvalue weighted by molar-refractivity contribution is -0.116. The molecule has 3 aromatic heterocycles. The fourth-order valence-corrected chi connectivity index (χ4v) is 4.79. The van der Waals surface area contributed by atoms with Gasteiger partial charge in [-0.1, -0.05) is 34.8 Å². The fourth-order valence-electron chi connectivity index (χ4n) is 3.06. The summed E-state index contributed by atoms with van der Waals surface area (Å²) in [4.78, 5) is 45.5. The van der Waals surface area contributed by atoms with Crippen molar-refractivity contribution in [2.45, 2.75) is 6.54 Å². The second kappa shape index (κ2) is 8.12. The van der Waals surface area contributed by atoms with Crippen molar-refractivity contribution in [2.24, 2.45) is 14.1 Å². The van der Waals surface area contributed by atoms with Gasteiger partial charge in [-0.3, -0.25) is 18.7 Å². The summed E-state index contributed by atoms with van der Waals surface area (Å²) in [7, 11) is 2.87. The van der Waals surface area contributed by atoms with Crippen LogP contribution in [0.5, 0.6) is 0 Å². The minimum atomic E-state index is -0.535. The molecule has 0 unspecified atom stereocenters. The molecular weight excluding hydrogens is 487 g/mol. The number of hydrogen-bond donors (Lipinski definition) is 1. The number of benzene rings is 1. The highest BCUT2D eigenvalue weighted by Crippen LogP contribution is 2.38. The summed E-state index contributed by atoms with van der Waals surface area (Å²) in [5.74, 6) is -0.426. The second-order valence-corrected chi connectivity index (χ2v) is 8.69. The summed E-state index contributed by atoms with van der Waals surface area (Å²) >= 11 is 19.6. The van der Waals surface area contributed by atoms with E-state index in [-0.39, 0.29) is 17.7 Å². The van der Waals surface area contributed by atoms with Gasteiger partial charge in [-0.15, -0.1) is 11.3 Å². The molecule has 9 nitrogen and oxygen atoms in total. The van der Waals surface area contributed by atoms with Crippen LogP contribution in [0.2, 0.25) is 15.1 Å². The van der Waals surface area contributed by atoms with Crippen LogP contribution in [0.25, 0.3) is 22.4 Å². The smallest absolute Gasteiger partial charge is 0.315 e. The van der Waals surface area contributed by atoms with Crippen LogP contribution in [0.3, 0.4) is 0 Å². The molecule has 0 spiro atoms. The highest BCUT2D eigenvalue weighted by atomic mass is 35.5. The van der Waals surface area contributed by atoms with E-state index in [4.69, 9.17) is 34.8 Å². The Labute approximate surface area is 193 Å². The van der Waals surface area contributed by atoms with E-state index in [2.05, 4.69) is 15.3 Å². The van der Waals surface area contributed by atoms with Crippen LogP contribution in [-0.4, -0.2) is 29.6 Å². The number of nitrogens with zero attached hydrogens (tertiary/aromatic N) is 5. The third-order valence-electron chi connectivity index (χ3n) is 4.54. The monoisotopic (exact) mass is 498 g/mol. The number of halogens is 3. The number of carbonyl (C=O) groups is 1. The van der Waals surface area contributed by atoms with Crippen molar-refractivity contribution in [2.75, 3.05) is 5.32 Å². The molecule has 0 aliphatic heterocycles. The molecule has 13 heteroatoms. The van der Waals surface area contributed by atoms with E-state index in [9.17, 15) is 14.4 Å². The van der Waals surface area contributed by atoms with E-state index in [1.54, 1.807) is 17.5 Å². The van der Waals surface area contributed by atoms with Gasteiger partial charge in [-0.25, -0.2) is 14.8 Å². The minimum absolute atomic E-state index is 0.152. The van der Waals surface area contributed by atoms with E-state index < -0.39 is 17.2 Å². The number of hydrogen-bond acceptors (Lipinski definition) is 6. The molecule has 1 amide bonds. The summed E-state index contributed by atoms with van der Waals surface area (Å²) in [6, 6.07) is 3.11. The highest BCUT2D eigenvalue weighted by Gasteiger charge is 2.18. The number of anilines is 1. The first-order valence-electron chi connectivity index (χ1n) is 8.68. The van der Waals surface area contributed by atoms with Gasteiger partial charge >= 0.3 is 5.69 Å². The summed E-state index contributed by atoms with van der Waals surface area (Å²) in [6.45, 7) is -0.193. The molecule has 31 heavy (non-hydrogen) atoms. The maximum absolute atomic E-state index is 12.6. The number of carbonyl (C=O) groups excluding carboxylic acids is 1. The van der Waals surface area contributed by atoms with Crippen molar-refractivity contribution in [1.82, 2.24) is 23.7 Å². The molecular formula is C18H13Cl3N6O3S. The number of amides is 1. The van der Waals surface area contributed by atoms with Crippen molar-refractivity contribution in [3.63, 3.8) is 0 Å². The SMILES string of the molecule is Cn1c(=O)c2c(ncn2CC(=O)Nc2nc(-c3c(Cl)cc(Cl)cc3Cl)cs2)n(C)c1=O. The van der Waals surface area contributed by atoms with Gasteiger partial charge in [-0.2, -0.15) is 0 Å². The number of nitrogens with one attached hydrogen (secondary N) is 1. The zero-order chi connectivity index (χ0) is 22.4. The summed E-state index contributed by atoms with van der Waals surface area (Å²) < 4.78 is 3.59. The van der Waals surface area contributed by atoms with Gasteiger partial charge in [0.15, 0.2) is 16.3 Å². The molecule has 0 fully saturated rings. The van der Waals surface area contributed by atoms with Crippen molar-refractivity contribution < 1.29 is 4.79 Å². The van der Waals surface area contributed by atoms with Crippen LogP contribution in [-0.2, 0) is 25.4 Å². The Kier molecular flexibility index (Phi) is 5.65. The van der Waals surface area contributed by atoms with E-state index in [1.807, 2.05) is 0 Å². The average Bonchev–Trinajstić information content (AvgIpc) is 3.31. The third-order valence-corrected chi connectivity index (χ3v) is 6.12. The summed E-state index contributed by atoms with van der Waals surface area (Å²) in [5.41, 5.74) is 0.316. The fraction of sp³-hybridized carbons (Fsp3) is 0.167. The Morgan fingerprint density at radius 2 is 1.81 bits per heavy atom. The molecule has 4 aromatic rings. The summed E-state index contributed by atoms with van der Waals surface area (Å²) in [6.07, 6.45) is 1.34. The normalized spacial score (nSPS) is 11.3. The maximum Gasteiger partial charge on any atom is 0.332 e. The molecule has 3 heterocycles. The standard InChI is InChI=1S/C18H13Cl3N6O3S/c1-25-15-14(16(29)26(2)18(25)30)27(7-22-15)5-12(28)24-17-23-11(6-31-17)13-9(20)3-8(19)4-10(13)21/h3-4,6-7H,5H2,1-2H3,(H,23,24,28). The number of aryl methyl sites for hydroxylation is 1. The number of thiazole rings is 1. The Morgan fingerprint density at radius 1 is 1.13 bits per heavy atom. The van der Waals surface area contributed by atoms with Crippen LogP contribution in [0.15, 0.2) is 33.4 Å². The number of rotatable bonds is 4. The Balaban J connectivity index is 1.59. The molecule has 0 saturated heterocycles. The van der Waals surface area contributed by atoms with Gasteiger partial charge in [0.1, 0.15) is 6.54 Å². The molecule has 0 aliphatic rings. The molecule has 0 bridgehead atoms. The van der Waals surface area contributed by atoms with Gasteiger partial charge < -0.3 is 9.88 Å². The van der Waals surface area contributed by atoms with Crippen molar-refractivity contribution in [3.05, 3.63) is 59.7 Å². The topological polar surface area (TPSA) is 104 Å². The average molecular weight is 500 g/mol. The van der Waals surface area contributed by atoms with E-state index in [0.29, 0.717) is 31.5 Å². The zero-order valence-corrected chi connectivity index (χ0v) is 19.1. The molecule has 4 rings (SSSR count). The van der Waals surface area contributed by atoms with Crippen molar-refractivity contribution in [3.8, 4) is 11.3 Å². The van der Waals surface area contributed by atoms with Gasteiger partial charge in [0.2, 0.25) is 5.91 Å². The summed E-state index contributed by atoms with van der Waals surface area (Å²) in [5, 5.41) is 5.79. The number of imidazole rings is 1. The predicted octanol–water partition coefficient (Wildman–Crippen LogP) is 3.16. The second-order valence-electron chi connectivity index (χ2n) is 6.58. The van der Waals surface area contributed by atoms with Crippen LogP contribution < -0.4 is 16.6 Å². The first-order chi connectivity index (χ1) is 14.7.